The number of nitrogens with zero attached hydrogens (tertiary/aromatic N) is 1. The second-order valence-corrected chi connectivity index (χ2v) is 7.99. The molecule has 132 valence electrons. The van der Waals surface area contributed by atoms with Crippen LogP contribution in [0.2, 0.25) is 0 Å². The first-order valence-corrected chi connectivity index (χ1v) is 9.35. The zero-order chi connectivity index (χ0) is 17.2. The Balaban J connectivity index is 1.91. The fourth-order valence-corrected chi connectivity index (χ4v) is 4.53. The lowest BCUT2D eigenvalue weighted by molar-refractivity contribution is -0.113. The summed E-state index contributed by atoms with van der Waals surface area (Å²) in [6.45, 7) is 8.95. The van der Waals surface area contributed by atoms with E-state index in [9.17, 15) is 4.79 Å². The number of hydrogen-bond donors (Lipinski definition) is 0. The van der Waals surface area contributed by atoms with E-state index in [4.69, 9.17) is 4.74 Å². The van der Waals surface area contributed by atoms with Crippen LogP contribution in [0.3, 0.4) is 0 Å². The summed E-state index contributed by atoms with van der Waals surface area (Å²) < 4.78 is 5.48. The Morgan fingerprint density at radius 1 is 1.42 bits per heavy atom. The van der Waals surface area contributed by atoms with Gasteiger partial charge in [-0.1, -0.05) is 25.2 Å². The van der Waals surface area contributed by atoms with Gasteiger partial charge in [0.2, 0.25) is 0 Å². The van der Waals surface area contributed by atoms with Crippen LogP contribution in [-0.4, -0.2) is 37.4 Å². The normalized spacial score (nSPS) is 38.1. The van der Waals surface area contributed by atoms with E-state index in [0.29, 0.717) is 18.4 Å². The van der Waals surface area contributed by atoms with Gasteiger partial charge in [-0.25, -0.2) is 0 Å². The fourth-order valence-electron chi connectivity index (χ4n) is 4.53. The molecule has 3 nitrogen and oxygen atoms in total. The SMILES string of the molecule is C=C1/C=C\C(OC)=C/C[C@@]2(CC=O)CCN(CC3CC3)[C@H](C1)[C@@H]2C. The van der Waals surface area contributed by atoms with Crippen LogP contribution in [0.25, 0.3) is 0 Å². The van der Waals surface area contributed by atoms with E-state index >= 15 is 0 Å². The monoisotopic (exact) mass is 329 g/mol. The van der Waals surface area contributed by atoms with Crippen molar-refractivity contribution in [2.75, 3.05) is 20.2 Å². The average molecular weight is 329 g/mol. The summed E-state index contributed by atoms with van der Waals surface area (Å²) in [6, 6.07) is 0.494. The molecule has 2 bridgehead atoms. The van der Waals surface area contributed by atoms with Crippen molar-refractivity contribution in [1.29, 1.82) is 0 Å². The molecule has 0 radical (unpaired) electrons. The number of carbonyl (C=O) groups excluding carboxylic acids is 1. The first-order valence-electron chi connectivity index (χ1n) is 9.35. The predicted molar refractivity (Wildman–Crippen MR) is 97.6 cm³/mol. The molecule has 1 aliphatic heterocycles. The van der Waals surface area contributed by atoms with Crippen LogP contribution >= 0.6 is 0 Å². The molecule has 2 aliphatic carbocycles. The van der Waals surface area contributed by atoms with Gasteiger partial charge in [-0.3, -0.25) is 4.90 Å². The number of piperidine rings is 1. The molecule has 3 aliphatic rings. The molecule has 3 heteroatoms. The zero-order valence-electron chi connectivity index (χ0n) is 15.2. The first-order chi connectivity index (χ1) is 11.6. The molecule has 0 spiro atoms. The maximum absolute atomic E-state index is 11.5. The number of ether oxygens (including phenoxy) is 1. The van der Waals surface area contributed by atoms with Gasteiger partial charge in [0.05, 0.1) is 7.11 Å². The molecule has 2 fully saturated rings. The number of methoxy groups -OCH3 is 1. The number of allylic oxidation sites excluding steroid dienone is 3. The molecule has 0 aromatic rings. The van der Waals surface area contributed by atoms with Crippen LogP contribution in [-0.2, 0) is 9.53 Å². The molecule has 0 amide bonds. The minimum absolute atomic E-state index is 0.0572. The molecular formula is C21H31NO2. The Morgan fingerprint density at radius 3 is 2.88 bits per heavy atom. The number of likely N-dealkylation sites (tertiary alicyclic amines) is 1. The van der Waals surface area contributed by atoms with Crippen LogP contribution < -0.4 is 0 Å². The minimum atomic E-state index is 0.0572. The summed E-state index contributed by atoms with van der Waals surface area (Å²) in [7, 11) is 1.71. The first kappa shape index (κ1) is 17.5. The molecule has 1 saturated carbocycles. The third kappa shape index (κ3) is 3.66. The molecule has 1 saturated heterocycles. The Bertz CT molecular complexity index is 546. The molecule has 3 rings (SSSR count). The third-order valence-corrected chi connectivity index (χ3v) is 6.49. The molecule has 1 heterocycles. The Hall–Kier alpha value is -1.35. The van der Waals surface area contributed by atoms with E-state index in [0.717, 1.165) is 49.3 Å². The topological polar surface area (TPSA) is 29.5 Å². The highest BCUT2D eigenvalue weighted by Gasteiger charge is 2.46. The molecule has 0 N–H and O–H groups in total. The second-order valence-electron chi connectivity index (χ2n) is 7.99. The zero-order valence-corrected chi connectivity index (χ0v) is 15.2. The van der Waals surface area contributed by atoms with Gasteiger partial charge in [0.25, 0.3) is 0 Å². The molecule has 3 atom stereocenters. The summed E-state index contributed by atoms with van der Waals surface area (Å²) in [4.78, 5) is 14.1. The lowest BCUT2D eigenvalue weighted by Crippen LogP contribution is -2.54. The Kier molecular flexibility index (Phi) is 5.29. The van der Waals surface area contributed by atoms with Gasteiger partial charge >= 0.3 is 0 Å². The highest BCUT2D eigenvalue weighted by molar-refractivity contribution is 5.51. The van der Waals surface area contributed by atoms with E-state index < -0.39 is 0 Å². The summed E-state index contributed by atoms with van der Waals surface area (Å²) >= 11 is 0. The maximum Gasteiger partial charge on any atom is 0.120 e. The van der Waals surface area contributed by atoms with E-state index in [-0.39, 0.29) is 5.41 Å². The lowest BCUT2D eigenvalue weighted by Gasteiger charge is -2.52. The van der Waals surface area contributed by atoms with E-state index in [1.165, 1.54) is 19.4 Å². The van der Waals surface area contributed by atoms with Crippen molar-refractivity contribution in [3.63, 3.8) is 0 Å². The van der Waals surface area contributed by atoms with Crippen molar-refractivity contribution in [1.82, 2.24) is 4.90 Å². The van der Waals surface area contributed by atoms with Crippen LogP contribution in [0.4, 0.5) is 0 Å². The summed E-state index contributed by atoms with van der Waals surface area (Å²) in [5.41, 5.74) is 1.21. The van der Waals surface area contributed by atoms with Crippen molar-refractivity contribution < 1.29 is 9.53 Å². The molecule has 0 aromatic carbocycles. The molecule has 0 aromatic heterocycles. The molecule has 0 unspecified atom stereocenters. The van der Waals surface area contributed by atoms with Gasteiger partial charge in [-0.15, -0.1) is 0 Å². The highest BCUT2D eigenvalue weighted by Crippen LogP contribution is 2.48. The summed E-state index contributed by atoms with van der Waals surface area (Å²) in [5, 5.41) is 0. The maximum atomic E-state index is 11.5. The number of hydrogen-bond acceptors (Lipinski definition) is 3. The van der Waals surface area contributed by atoms with Crippen molar-refractivity contribution in [3.8, 4) is 0 Å². The van der Waals surface area contributed by atoms with Crippen molar-refractivity contribution in [3.05, 3.63) is 36.1 Å². The molecular weight excluding hydrogens is 298 g/mol. The van der Waals surface area contributed by atoms with Crippen LogP contribution in [0.15, 0.2) is 36.1 Å². The Labute approximate surface area is 146 Å². The quantitative estimate of drug-likeness (QED) is 0.711. The largest absolute Gasteiger partial charge is 0.497 e. The van der Waals surface area contributed by atoms with Crippen LogP contribution in [0.1, 0.15) is 45.4 Å². The van der Waals surface area contributed by atoms with Crippen LogP contribution in [0, 0.1) is 17.3 Å². The van der Waals surface area contributed by atoms with Crippen molar-refractivity contribution in [2.24, 2.45) is 17.3 Å². The van der Waals surface area contributed by atoms with Crippen molar-refractivity contribution in [2.45, 2.75) is 51.5 Å². The van der Waals surface area contributed by atoms with Gasteiger partial charge in [0, 0.05) is 19.0 Å². The summed E-state index contributed by atoms with van der Waals surface area (Å²) in [6.07, 6.45) is 13.8. The second kappa shape index (κ2) is 7.26. The number of rotatable bonds is 5. The minimum Gasteiger partial charge on any atom is -0.497 e. The highest BCUT2D eigenvalue weighted by atomic mass is 16.5. The van der Waals surface area contributed by atoms with E-state index in [1.54, 1.807) is 7.11 Å². The molecule has 24 heavy (non-hydrogen) atoms. The smallest absolute Gasteiger partial charge is 0.120 e. The fraction of sp³-hybridized carbons (Fsp3) is 0.667. The average Bonchev–Trinajstić information content (AvgIpc) is 3.38. The van der Waals surface area contributed by atoms with Gasteiger partial charge in [-0.05, 0) is 68.1 Å². The van der Waals surface area contributed by atoms with Gasteiger partial charge in [0.15, 0.2) is 0 Å². The predicted octanol–water partition coefficient (Wildman–Crippen LogP) is 4.12. The number of aldehydes is 1. The van der Waals surface area contributed by atoms with Gasteiger partial charge in [0.1, 0.15) is 12.0 Å². The van der Waals surface area contributed by atoms with E-state index in [1.807, 2.05) is 6.08 Å². The van der Waals surface area contributed by atoms with Gasteiger partial charge < -0.3 is 9.53 Å². The third-order valence-electron chi connectivity index (χ3n) is 6.49. The van der Waals surface area contributed by atoms with Crippen molar-refractivity contribution >= 4 is 6.29 Å². The number of carbonyl (C=O) groups is 1. The Morgan fingerprint density at radius 2 is 2.21 bits per heavy atom. The van der Waals surface area contributed by atoms with Gasteiger partial charge in [-0.2, -0.15) is 0 Å². The lowest BCUT2D eigenvalue weighted by atomic mass is 9.62. The van der Waals surface area contributed by atoms with Crippen LogP contribution in [0.5, 0.6) is 0 Å². The van der Waals surface area contributed by atoms with E-state index in [2.05, 4.69) is 30.6 Å². The standard InChI is InChI=1S/C21H31NO2/c1-16-4-7-19(24-3)8-9-21(11-13-23)10-12-22(15-18-5-6-18)20(14-16)17(21)2/h4,7-8,13,17-18,20H,1,5-6,9-12,14-15H2,2-3H3/b7-4-,19-8+/t17-,20+,21-/m0/s1. The number of fused-ring (bicyclic) bond motifs is 2. The summed E-state index contributed by atoms with van der Waals surface area (Å²) in [5.74, 6) is 2.26.